The zero-order valence-corrected chi connectivity index (χ0v) is 6.86. The van der Waals surface area contributed by atoms with E-state index in [0.29, 0.717) is 5.76 Å². The summed E-state index contributed by atoms with van der Waals surface area (Å²) in [6, 6.07) is 0. The normalized spacial score (nSPS) is 12.1. The van der Waals surface area contributed by atoms with E-state index in [9.17, 15) is 4.39 Å². The van der Waals surface area contributed by atoms with Gasteiger partial charge in [0.05, 0.1) is 7.11 Å². The summed E-state index contributed by atoms with van der Waals surface area (Å²) in [4.78, 5) is 0. The molecule has 10 heavy (non-hydrogen) atoms. The molecule has 0 bridgehead atoms. The molecule has 0 atom stereocenters. The Bertz CT molecular complexity index is 160. The second kappa shape index (κ2) is 4.09. The highest BCUT2D eigenvalue weighted by Crippen LogP contribution is 2.09. The summed E-state index contributed by atoms with van der Waals surface area (Å²) in [7, 11) is 1.46. The Morgan fingerprint density at radius 3 is 1.90 bits per heavy atom. The van der Waals surface area contributed by atoms with Crippen LogP contribution in [0.5, 0.6) is 0 Å². The summed E-state index contributed by atoms with van der Waals surface area (Å²) in [5.74, 6) is 0.0173. The zero-order valence-electron chi connectivity index (χ0n) is 6.86. The van der Waals surface area contributed by atoms with Crippen molar-refractivity contribution >= 4 is 0 Å². The third-order valence-electron chi connectivity index (χ3n) is 0.979. The molecule has 0 aliphatic heterocycles. The minimum Gasteiger partial charge on any atom is -0.494 e. The van der Waals surface area contributed by atoms with Gasteiger partial charge in [-0.1, -0.05) is 5.57 Å². The molecule has 0 N–H and O–H groups in total. The SMILES string of the molecule is CO/C(C=C(C)C)=C(/C)F. The Kier molecular flexibility index (Phi) is 3.77. The number of halogens is 1. The summed E-state index contributed by atoms with van der Waals surface area (Å²) in [6.45, 7) is 5.15. The van der Waals surface area contributed by atoms with Gasteiger partial charge in [-0.05, 0) is 26.8 Å². The van der Waals surface area contributed by atoms with E-state index in [1.807, 2.05) is 13.8 Å². The minimum atomic E-state index is -0.288. The number of allylic oxidation sites excluding steroid dienone is 3. The minimum absolute atomic E-state index is 0.288. The highest BCUT2D eigenvalue weighted by Gasteiger charge is 1.95. The maximum Gasteiger partial charge on any atom is 0.149 e. The zero-order chi connectivity index (χ0) is 8.15. The number of methoxy groups -OCH3 is 1. The van der Waals surface area contributed by atoms with Crippen molar-refractivity contribution in [3.8, 4) is 0 Å². The van der Waals surface area contributed by atoms with Gasteiger partial charge in [-0.15, -0.1) is 0 Å². The maximum absolute atomic E-state index is 12.4. The molecular formula is C8H13FO. The molecule has 0 aromatic carbocycles. The van der Waals surface area contributed by atoms with Crippen LogP contribution in [-0.4, -0.2) is 7.11 Å². The van der Waals surface area contributed by atoms with Crippen LogP contribution in [0.3, 0.4) is 0 Å². The van der Waals surface area contributed by atoms with E-state index < -0.39 is 0 Å². The van der Waals surface area contributed by atoms with Crippen LogP contribution in [0.15, 0.2) is 23.2 Å². The van der Waals surface area contributed by atoms with Crippen molar-refractivity contribution in [1.82, 2.24) is 0 Å². The highest BCUT2D eigenvalue weighted by atomic mass is 19.1. The first-order valence-electron chi connectivity index (χ1n) is 3.13. The molecule has 0 rings (SSSR count). The van der Waals surface area contributed by atoms with E-state index in [2.05, 4.69) is 0 Å². The lowest BCUT2D eigenvalue weighted by molar-refractivity contribution is 0.290. The van der Waals surface area contributed by atoms with E-state index in [-0.39, 0.29) is 5.83 Å². The van der Waals surface area contributed by atoms with Gasteiger partial charge in [0.25, 0.3) is 0 Å². The number of hydrogen-bond acceptors (Lipinski definition) is 1. The topological polar surface area (TPSA) is 9.23 Å². The molecule has 0 aliphatic carbocycles. The Morgan fingerprint density at radius 1 is 1.30 bits per heavy atom. The van der Waals surface area contributed by atoms with Crippen LogP contribution in [-0.2, 0) is 4.74 Å². The first-order chi connectivity index (χ1) is 4.57. The van der Waals surface area contributed by atoms with Crippen LogP contribution in [0.4, 0.5) is 4.39 Å². The first kappa shape index (κ1) is 9.21. The Balaban J connectivity index is 4.40. The molecule has 0 aromatic rings. The van der Waals surface area contributed by atoms with Gasteiger partial charge in [-0.2, -0.15) is 0 Å². The standard InChI is InChI=1S/C8H13FO/c1-6(2)5-8(10-4)7(3)9/h5H,1-4H3/b8-7-. The summed E-state index contributed by atoms with van der Waals surface area (Å²) in [6.07, 6.45) is 1.66. The third-order valence-corrected chi connectivity index (χ3v) is 0.979. The molecular weight excluding hydrogens is 131 g/mol. The fraction of sp³-hybridized carbons (Fsp3) is 0.500. The average Bonchev–Trinajstić information content (AvgIpc) is 1.81. The Hall–Kier alpha value is -0.790. The number of rotatable bonds is 2. The van der Waals surface area contributed by atoms with Crippen molar-refractivity contribution in [3.63, 3.8) is 0 Å². The Labute approximate surface area is 61.2 Å². The quantitative estimate of drug-likeness (QED) is 0.427. The lowest BCUT2D eigenvalue weighted by Crippen LogP contribution is -1.84. The van der Waals surface area contributed by atoms with Crippen LogP contribution < -0.4 is 0 Å². The molecule has 2 heteroatoms. The van der Waals surface area contributed by atoms with Crippen molar-refractivity contribution in [1.29, 1.82) is 0 Å². The fourth-order valence-electron chi connectivity index (χ4n) is 0.561. The monoisotopic (exact) mass is 144 g/mol. The molecule has 58 valence electrons. The van der Waals surface area contributed by atoms with Gasteiger partial charge in [0.1, 0.15) is 11.6 Å². The smallest absolute Gasteiger partial charge is 0.149 e. The number of hydrogen-bond donors (Lipinski definition) is 0. The number of ether oxygens (including phenoxy) is 1. The van der Waals surface area contributed by atoms with Gasteiger partial charge in [-0.3, -0.25) is 0 Å². The van der Waals surface area contributed by atoms with Gasteiger partial charge in [0.2, 0.25) is 0 Å². The van der Waals surface area contributed by atoms with Crippen LogP contribution in [0.1, 0.15) is 20.8 Å². The van der Waals surface area contributed by atoms with Gasteiger partial charge in [0.15, 0.2) is 0 Å². The lowest BCUT2D eigenvalue weighted by atomic mass is 10.3. The summed E-state index contributed by atoms with van der Waals surface area (Å²) in [5.41, 5.74) is 1.02. The molecule has 0 aromatic heterocycles. The molecule has 0 aliphatic rings. The molecule has 0 fully saturated rings. The van der Waals surface area contributed by atoms with E-state index in [1.165, 1.54) is 14.0 Å². The van der Waals surface area contributed by atoms with Crippen molar-refractivity contribution < 1.29 is 9.13 Å². The molecule has 0 heterocycles. The first-order valence-corrected chi connectivity index (χ1v) is 3.13. The predicted octanol–water partition coefficient (Wildman–Crippen LogP) is 2.80. The maximum atomic E-state index is 12.4. The van der Waals surface area contributed by atoms with Crippen LogP contribution in [0, 0.1) is 0 Å². The van der Waals surface area contributed by atoms with Gasteiger partial charge >= 0.3 is 0 Å². The van der Waals surface area contributed by atoms with Crippen molar-refractivity contribution in [2.45, 2.75) is 20.8 Å². The van der Waals surface area contributed by atoms with Gasteiger partial charge < -0.3 is 4.74 Å². The third kappa shape index (κ3) is 3.28. The largest absolute Gasteiger partial charge is 0.494 e. The fourth-order valence-corrected chi connectivity index (χ4v) is 0.561. The van der Waals surface area contributed by atoms with E-state index in [0.717, 1.165) is 5.57 Å². The van der Waals surface area contributed by atoms with Crippen LogP contribution in [0.25, 0.3) is 0 Å². The predicted molar refractivity (Wildman–Crippen MR) is 40.2 cm³/mol. The van der Waals surface area contributed by atoms with E-state index in [4.69, 9.17) is 4.74 Å². The second-order valence-corrected chi connectivity index (χ2v) is 2.32. The highest BCUT2D eigenvalue weighted by molar-refractivity contribution is 5.17. The van der Waals surface area contributed by atoms with E-state index in [1.54, 1.807) is 6.08 Å². The Morgan fingerprint density at radius 2 is 1.80 bits per heavy atom. The molecule has 0 saturated heterocycles. The van der Waals surface area contributed by atoms with Crippen LogP contribution >= 0.6 is 0 Å². The van der Waals surface area contributed by atoms with Crippen molar-refractivity contribution in [3.05, 3.63) is 23.2 Å². The molecule has 1 nitrogen and oxygen atoms in total. The summed E-state index contributed by atoms with van der Waals surface area (Å²) < 4.78 is 17.2. The molecule has 0 saturated carbocycles. The lowest BCUT2D eigenvalue weighted by Gasteiger charge is -2.00. The van der Waals surface area contributed by atoms with Gasteiger partial charge in [0, 0.05) is 0 Å². The molecule has 0 amide bonds. The van der Waals surface area contributed by atoms with Crippen LogP contribution in [0.2, 0.25) is 0 Å². The average molecular weight is 144 g/mol. The van der Waals surface area contributed by atoms with Crippen molar-refractivity contribution in [2.75, 3.05) is 7.11 Å². The summed E-state index contributed by atoms with van der Waals surface area (Å²) >= 11 is 0. The second-order valence-electron chi connectivity index (χ2n) is 2.32. The summed E-state index contributed by atoms with van der Waals surface area (Å²) in [5, 5.41) is 0. The van der Waals surface area contributed by atoms with Gasteiger partial charge in [-0.25, -0.2) is 4.39 Å². The molecule has 0 unspecified atom stereocenters. The van der Waals surface area contributed by atoms with Crippen molar-refractivity contribution in [2.24, 2.45) is 0 Å². The molecule has 0 radical (unpaired) electrons. The van der Waals surface area contributed by atoms with E-state index >= 15 is 0 Å². The molecule has 0 spiro atoms.